The van der Waals surface area contributed by atoms with Gasteiger partial charge in [-0.2, -0.15) is 0 Å². The molecule has 9 heteroatoms. The molecule has 1 N–H and O–H groups in total. The molecule has 1 amide bonds. The van der Waals surface area contributed by atoms with E-state index in [0.717, 1.165) is 16.7 Å². The number of hydrogen-bond acceptors (Lipinski definition) is 6. The number of thioether (sulfide) groups is 1. The number of nitrogens with one attached hydrogen (secondary N) is 1. The number of rotatable bonds is 7. The number of carbonyl (C=O) groups is 1. The van der Waals surface area contributed by atoms with Crippen LogP contribution in [0.5, 0.6) is 5.75 Å². The number of furan rings is 1. The fourth-order valence-corrected chi connectivity index (χ4v) is 4.03. The van der Waals surface area contributed by atoms with Gasteiger partial charge in [-0.25, -0.2) is 4.98 Å². The third-order valence-corrected chi connectivity index (χ3v) is 6.10. The van der Waals surface area contributed by atoms with E-state index in [2.05, 4.69) is 15.2 Å². The summed E-state index contributed by atoms with van der Waals surface area (Å²) in [5.41, 5.74) is 1.51. The molecule has 0 saturated heterocycles. The van der Waals surface area contributed by atoms with Gasteiger partial charge in [0.2, 0.25) is 11.1 Å². The second kappa shape index (κ2) is 9.03. The normalized spacial score (nSPS) is 12.1. The molecule has 0 bridgehead atoms. The van der Waals surface area contributed by atoms with Crippen LogP contribution in [-0.2, 0) is 4.79 Å². The van der Waals surface area contributed by atoms with Gasteiger partial charge in [0.25, 0.3) is 0 Å². The zero-order valence-electron chi connectivity index (χ0n) is 17.3. The summed E-state index contributed by atoms with van der Waals surface area (Å²) in [7, 11) is 3.34. The third-order valence-electron chi connectivity index (χ3n) is 5.04. The van der Waals surface area contributed by atoms with Crippen molar-refractivity contribution in [2.24, 2.45) is 0 Å². The summed E-state index contributed by atoms with van der Waals surface area (Å²) < 4.78 is 11.3. The number of ether oxygens (including phenoxy) is 1. The van der Waals surface area contributed by atoms with Crippen molar-refractivity contribution in [2.45, 2.75) is 18.1 Å². The minimum Gasteiger partial charge on any atom is -0.496 e. The predicted octanol–water partition coefficient (Wildman–Crippen LogP) is 5.19. The minimum atomic E-state index is -0.195. The van der Waals surface area contributed by atoms with E-state index in [9.17, 15) is 4.79 Å². The van der Waals surface area contributed by atoms with Gasteiger partial charge in [-0.3, -0.25) is 9.89 Å². The number of fused-ring (bicyclic) bond motifs is 1. The van der Waals surface area contributed by atoms with Gasteiger partial charge < -0.3 is 14.1 Å². The number of benzene rings is 2. The lowest BCUT2D eigenvalue weighted by Crippen LogP contribution is -2.30. The molecule has 2 aromatic heterocycles. The van der Waals surface area contributed by atoms with E-state index >= 15 is 0 Å². The fourth-order valence-electron chi connectivity index (χ4n) is 3.14. The zero-order chi connectivity index (χ0) is 22.0. The highest BCUT2D eigenvalue weighted by Gasteiger charge is 2.21. The van der Waals surface area contributed by atoms with Crippen LogP contribution < -0.4 is 4.74 Å². The Balaban J connectivity index is 1.41. The Bertz CT molecular complexity index is 1190. The lowest BCUT2D eigenvalue weighted by Gasteiger charge is -2.22. The van der Waals surface area contributed by atoms with Gasteiger partial charge in [0, 0.05) is 17.5 Å². The summed E-state index contributed by atoms with van der Waals surface area (Å²) in [4.78, 5) is 18.9. The number of halogens is 1. The van der Waals surface area contributed by atoms with Crippen molar-refractivity contribution in [3.63, 3.8) is 0 Å². The molecule has 0 aliphatic carbocycles. The molecule has 1 atom stereocenters. The van der Waals surface area contributed by atoms with E-state index in [0.29, 0.717) is 27.3 Å². The van der Waals surface area contributed by atoms with Crippen LogP contribution in [0.3, 0.4) is 0 Å². The number of para-hydroxylation sites is 1. The summed E-state index contributed by atoms with van der Waals surface area (Å²) in [5.74, 6) is 2.05. The molecule has 31 heavy (non-hydrogen) atoms. The molecule has 0 aliphatic rings. The highest BCUT2D eigenvalue weighted by Crippen LogP contribution is 2.31. The van der Waals surface area contributed by atoms with Gasteiger partial charge in [-0.15, -0.1) is 5.10 Å². The first-order chi connectivity index (χ1) is 15.0. The van der Waals surface area contributed by atoms with Crippen molar-refractivity contribution in [3.8, 4) is 17.1 Å². The summed E-state index contributed by atoms with van der Waals surface area (Å²) in [5, 5.41) is 9.13. The molecule has 4 rings (SSSR count). The Kier molecular flexibility index (Phi) is 6.20. The molecular formula is C22H21ClN4O3S. The number of methoxy groups -OCH3 is 1. The lowest BCUT2D eigenvalue weighted by atomic mass is 10.2. The van der Waals surface area contributed by atoms with Crippen LogP contribution in [0.25, 0.3) is 22.4 Å². The Morgan fingerprint density at radius 2 is 2.10 bits per heavy atom. The van der Waals surface area contributed by atoms with E-state index in [1.54, 1.807) is 37.3 Å². The Hall–Kier alpha value is -2.97. The number of hydrogen-bond donors (Lipinski definition) is 1. The molecule has 2 heterocycles. The molecule has 0 radical (unpaired) electrons. The Morgan fingerprint density at radius 1 is 1.29 bits per heavy atom. The SMILES string of the molecule is COc1ccc(Cl)cc1-c1nc(SCC(=O)N(C)C(C)c2cc3ccccc3o2)n[nH]1. The average Bonchev–Trinajstić information content (AvgIpc) is 3.43. The van der Waals surface area contributed by atoms with Crippen LogP contribution in [0, 0.1) is 0 Å². The number of carbonyl (C=O) groups excluding carboxylic acids is 1. The van der Waals surface area contributed by atoms with Gasteiger partial charge in [0.1, 0.15) is 17.1 Å². The number of amides is 1. The third kappa shape index (κ3) is 4.55. The van der Waals surface area contributed by atoms with Crippen molar-refractivity contribution in [1.29, 1.82) is 0 Å². The molecule has 0 saturated carbocycles. The maximum Gasteiger partial charge on any atom is 0.233 e. The first-order valence-corrected chi connectivity index (χ1v) is 11.0. The molecule has 0 spiro atoms. The topological polar surface area (TPSA) is 84.2 Å². The molecule has 2 aromatic carbocycles. The summed E-state index contributed by atoms with van der Waals surface area (Å²) in [6.07, 6.45) is 0. The van der Waals surface area contributed by atoms with Gasteiger partial charge in [-0.1, -0.05) is 41.6 Å². The molecule has 4 aromatic rings. The molecule has 1 unspecified atom stereocenters. The predicted molar refractivity (Wildman–Crippen MR) is 122 cm³/mol. The highest BCUT2D eigenvalue weighted by atomic mass is 35.5. The van der Waals surface area contributed by atoms with E-state index in [1.165, 1.54) is 11.8 Å². The summed E-state index contributed by atoms with van der Waals surface area (Å²) in [6.45, 7) is 1.94. The van der Waals surface area contributed by atoms with Crippen LogP contribution in [0.15, 0.2) is 58.1 Å². The fraction of sp³-hybridized carbons (Fsp3) is 0.227. The Labute approximate surface area is 188 Å². The number of nitrogens with zero attached hydrogens (tertiary/aromatic N) is 3. The largest absolute Gasteiger partial charge is 0.496 e. The van der Waals surface area contributed by atoms with Crippen LogP contribution in [0.4, 0.5) is 0 Å². The quantitative estimate of drug-likeness (QED) is 0.385. The Morgan fingerprint density at radius 3 is 2.87 bits per heavy atom. The van der Waals surface area contributed by atoms with Crippen LogP contribution >= 0.6 is 23.4 Å². The van der Waals surface area contributed by atoms with Crippen molar-refractivity contribution >= 4 is 40.2 Å². The summed E-state index contributed by atoms with van der Waals surface area (Å²) >= 11 is 7.35. The number of H-pyrrole nitrogens is 1. The second-order valence-electron chi connectivity index (χ2n) is 6.97. The van der Waals surface area contributed by atoms with E-state index in [1.807, 2.05) is 37.3 Å². The van der Waals surface area contributed by atoms with Gasteiger partial charge in [0.15, 0.2) is 5.82 Å². The van der Waals surface area contributed by atoms with Gasteiger partial charge in [0.05, 0.1) is 24.5 Å². The second-order valence-corrected chi connectivity index (χ2v) is 8.35. The van der Waals surface area contributed by atoms with Crippen LogP contribution in [-0.4, -0.2) is 45.9 Å². The van der Waals surface area contributed by atoms with Crippen molar-refractivity contribution in [1.82, 2.24) is 20.1 Å². The molecule has 0 aliphatic heterocycles. The van der Waals surface area contributed by atoms with E-state index < -0.39 is 0 Å². The van der Waals surface area contributed by atoms with Gasteiger partial charge in [-0.05, 0) is 37.3 Å². The first-order valence-electron chi connectivity index (χ1n) is 9.59. The van der Waals surface area contributed by atoms with Crippen molar-refractivity contribution < 1.29 is 13.9 Å². The minimum absolute atomic E-state index is 0.0513. The van der Waals surface area contributed by atoms with Gasteiger partial charge >= 0.3 is 0 Å². The average molecular weight is 457 g/mol. The van der Waals surface area contributed by atoms with Crippen LogP contribution in [0.2, 0.25) is 5.02 Å². The van der Waals surface area contributed by atoms with E-state index in [-0.39, 0.29) is 17.7 Å². The molecule has 160 valence electrons. The number of aromatic nitrogens is 3. The first kappa shape index (κ1) is 21.3. The maximum atomic E-state index is 12.7. The standard InChI is InChI=1S/C22H21ClN4O3S/c1-13(19-10-14-6-4-5-7-17(14)30-19)27(2)20(28)12-31-22-24-21(25-26-22)16-11-15(23)8-9-18(16)29-3/h4-11,13H,12H2,1-3H3,(H,24,25,26). The smallest absolute Gasteiger partial charge is 0.233 e. The van der Waals surface area contributed by atoms with Crippen LogP contribution in [0.1, 0.15) is 18.7 Å². The number of aromatic amines is 1. The maximum absolute atomic E-state index is 12.7. The lowest BCUT2D eigenvalue weighted by molar-refractivity contribution is -0.129. The molecule has 7 nitrogen and oxygen atoms in total. The van der Waals surface area contributed by atoms with Crippen molar-refractivity contribution in [2.75, 3.05) is 19.9 Å². The molecule has 0 fully saturated rings. The highest BCUT2D eigenvalue weighted by molar-refractivity contribution is 7.99. The monoisotopic (exact) mass is 456 g/mol. The molecular weight excluding hydrogens is 436 g/mol. The van der Waals surface area contributed by atoms with E-state index in [4.69, 9.17) is 20.8 Å². The zero-order valence-corrected chi connectivity index (χ0v) is 18.8. The summed E-state index contributed by atoms with van der Waals surface area (Å²) in [6, 6.07) is 14.8. The van der Waals surface area contributed by atoms with Crippen molar-refractivity contribution in [3.05, 3.63) is 59.3 Å².